The van der Waals surface area contributed by atoms with Crippen LogP contribution in [-0.2, 0) is 16.4 Å². The minimum atomic E-state index is -4.02. The van der Waals surface area contributed by atoms with Crippen LogP contribution < -0.4 is 4.72 Å². The van der Waals surface area contributed by atoms with Gasteiger partial charge in [0.25, 0.3) is 10.0 Å². The number of rotatable bonds is 4. The molecule has 0 fully saturated rings. The summed E-state index contributed by atoms with van der Waals surface area (Å²) in [7, 11) is -4.02. The van der Waals surface area contributed by atoms with E-state index in [1.165, 1.54) is 6.07 Å². The smallest absolute Gasteiger partial charge is 0.338 e. The average Bonchev–Trinajstić information content (AvgIpc) is 2.54. The number of halogens is 1. The maximum atomic E-state index is 13.0. The van der Waals surface area contributed by atoms with E-state index in [1.54, 1.807) is 12.1 Å². The van der Waals surface area contributed by atoms with Crippen molar-refractivity contribution >= 4 is 27.8 Å². The number of hydrogen-bond acceptors (Lipinski definition) is 3. The molecule has 5 nitrogen and oxygen atoms in total. The fourth-order valence-corrected chi connectivity index (χ4v) is 3.72. The van der Waals surface area contributed by atoms with Gasteiger partial charge in [0.05, 0.1) is 16.1 Å². The van der Waals surface area contributed by atoms with Gasteiger partial charge >= 0.3 is 5.97 Å². The fraction of sp³-hybridized carbons (Fsp3) is 0.118. The third-order valence-corrected chi connectivity index (χ3v) is 5.16. The van der Waals surface area contributed by atoms with Crippen LogP contribution in [0.25, 0.3) is 6.08 Å². The molecule has 0 spiro atoms. The summed E-state index contributed by atoms with van der Waals surface area (Å²) in [5, 5.41) is 9.51. The molecule has 24 heavy (non-hydrogen) atoms. The first kappa shape index (κ1) is 16.2. The highest BCUT2D eigenvalue weighted by Gasteiger charge is 2.23. The monoisotopic (exact) mass is 347 g/mol. The lowest BCUT2D eigenvalue weighted by molar-refractivity contribution is 0.0697. The van der Waals surface area contributed by atoms with Crippen LogP contribution in [0.5, 0.6) is 0 Å². The lowest BCUT2D eigenvalue weighted by Crippen LogP contribution is -2.17. The summed E-state index contributed by atoms with van der Waals surface area (Å²) in [6, 6.07) is 7.47. The number of carbonyl (C=O) groups is 1. The molecule has 7 heteroatoms. The molecule has 0 radical (unpaired) electrons. The van der Waals surface area contributed by atoms with Crippen molar-refractivity contribution in [1.82, 2.24) is 0 Å². The first-order valence-corrected chi connectivity index (χ1v) is 8.71. The fourth-order valence-electron chi connectivity index (χ4n) is 2.64. The predicted molar refractivity (Wildman–Crippen MR) is 88.0 cm³/mol. The minimum absolute atomic E-state index is 0.0166. The van der Waals surface area contributed by atoms with Crippen LogP contribution in [0.2, 0.25) is 0 Å². The van der Waals surface area contributed by atoms with Crippen LogP contribution in [0.1, 0.15) is 27.9 Å². The Hall–Kier alpha value is -2.67. The Balaban J connectivity index is 2.06. The van der Waals surface area contributed by atoms with Gasteiger partial charge in [-0.3, -0.25) is 4.72 Å². The van der Waals surface area contributed by atoms with E-state index in [0.29, 0.717) is 12.0 Å². The lowest BCUT2D eigenvalue weighted by Gasteiger charge is -2.17. The molecule has 124 valence electrons. The van der Waals surface area contributed by atoms with E-state index in [1.807, 2.05) is 6.08 Å². The summed E-state index contributed by atoms with van der Waals surface area (Å²) in [5.74, 6) is -1.77. The molecule has 1 aliphatic rings. The molecule has 3 rings (SSSR count). The predicted octanol–water partition coefficient (Wildman–Crippen LogP) is 3.28. The molecule has 2 N–H and O–H groups in total. The number of aromatic carboxylic acids is 1. The first-order chi connectivity index (χ1) is 11.4. The zero-order valence-corrected chi connectivity index (χ0v) is 13.3. The van der Waals surface area contributed by atoms with Gasteiger partial charge in [0.2, 0.25) is 0 Å². The molecule has 0 saturated heterocycles. The number of carboxylic acids is 1. The van der Waals surface area contributed by atoms with E-state index < -0.39 is 21.8 Å². The van der Waals surface area contributed by atoms with Crippen molar-refractivity contribution in [3.8, 4) is 0 Å². The van der Waals surface area contributed by atoms with Gasteiger partial charge in [-0.25, -0.2) is 17.6 Å². The number of nitrogens with one attached hydrogen (secondary N) is 1. The second-order valence-corrected chi connectivity index (χ2v) is 7.05. The Morgan fingerprint density at radius 1 is 1.12 bits per heavy atom. The number of allylic oxidation sites excluding steroid dienone is 1. The standard InChI is InChI=1S/C17H14FNO4S/c18-12-6-8-13(9-7-12)24(22,23)19-15-10-5-11-3-1-2-4-14(11)16(15)17(20)21/h2,4-10,19H,1,3H2,(H,20,21). The Morgan fingerprint density at radius 3 is 2.50 bits per heavy atom. The Labute approximate surface area is 138 Å². The van der Waals surface area contributed by atoms with Crippen molar-refractivity contribution in [1.29, 1.82) is 0 Å². The lowest BCUT2D eigenvalue weighted by atomic mass is 9.92. The molecule has 0 unspecified atom stereocenters. The number of fused-ring (bicyclic) bond motifs is 1. The second kappa shape index (κ2) is 6.09. The topological polar surface area (TPSA) is 83.5 Å². The number of benzene rings is 2. The molecular formula is C17H14FNO4S. The molecule has 2 aromatic rings. The van der Waals surface area contributed by atoms with Gasteiger partial charge in [-0.2, -0.15) is 0 Å². The second-order valence-electron chi connectivity index (χ2n) is 5.37. The van der Waals surface area contributed by atoms with Crippen LogP contribution >= 0.6 is 0 Å². The van der Waals surface area contributed by atoms with E-state index in [2.05, 4.69) is 4.72 Å². The van der Waals surface area contributed by atoms with Crippen molar-refractivity contribution in [2.24, 2.45) is 0 Å². The van der Waals surface area contributed by atoms with E-state index >= 15 is 0 Å². The van der Waals surface area contributed by atoms with E-state index in [4.69, 9.17) is 0 Å². The molecule has 0 atom stereocenters. The number of anilines is 1. The average molecular weight is 347 g/mol. The summed E-state index contributed by atoms with van der Waals surface area (Å²) in [6.07, 6.45) is 5.06. The van der Waals surface area contributed by atoms with Crippen LogP contribution in [0.15, 0.2) is 47.4 Å². The quantitative estimate of drug-likeness (QED) is 0.889. The summed E-state index contributed by atoms with van der Waals surface area (Å²) in [4.78, 5) is 11.5. The van der Waals surface area contributed by atoms with Crippen molar-refractivity contribution < 1.29 is 22.7 Å². The third kappa shape index (κ3) is 3.03. The van der Waals surface area contributed by atoms with Crippen molar-refractivity contribution in [2.45, 2.75) is 17.7 Å². The maximum Gasteiger partial charge on any atom is 0.338 e. The third-order valence-electron chi connectivity index (χ3n) is 3.78. The molecular weight excluding hydrogens is 333 g/mol. The molecule has 0 aromatic heterocycles. The van der Waals surface area contributed by atoms with Crippen molar-refractivity contribution in [3.05, 3.63) is 65.0 Å². The normalized spacial score (nSPS) is 13.4. The van der Waals surface area contributed by atoms with Gasteiger partial charge in [0, 0.05) is 0 Å². The zero-order chi connectivity index (χ0) is 17.3. The molecule has 0 saturated carbocycles. The van der Waals surface area contributed by atoms with E-state index in [-0.39, 0.29) is 16.1 Å². The largest absolute Gasteiger partial charge is 0.478 e. The van der Waals surface area contributed by atoms with Crippen LogP contribution in [0.4, 0.5) is 10.1 Å². The Morgan fingerprint density at radius 2 is 1.83 bits per heavy atom. The SMILES string of the molecule is O=C(O)c1c(NS(=O)(=O)c2ccc(F)cc2)ccc2c1C=CCC2. The van der Waals surface area contributed by atoms with Gasteiger partial charge in [0.15, 0.2) is 0 Å². The van der Waals surface area contributed by atoms with Crippen molar-refractivity contribution in [2.75, 3.05) is 4.72 Å². The highest BCUT2D eigenvalue weighted by atomic mass is 32.2. The van der Waals surface area contributed by atoms with E-state index in [0.717, 1.165) is 36.2 Å². The number of aryl methyl sites for hydroxylation is 1. The molecule has 1 aliphatic carbocycles. The number of hydrogen-bond donors (Lipinski definition) is 2. The van der Waals surface area contributed by atoms with Gasteiger partial charge in [-0.1, -0.05) is 18.2 Å². The van der Waals surface area contributed by atoms with Gasteiger partial charge in [0.1, 0.15) is 5.82 Å². The maximum absolute atomic E-state index is 13.0. The van der Waals surface area contributed by atoms with Gasteiger partial charge in [-0.15, -0.1) is 0 Å². The molecule has 2 aromatic carbocycles. The molecule has 0 aliphatic heterocycles. The van der Waals surface area contributed by atoms with Crippen LogP contribution in [0, 0.1) is 5.82 Å². The number of sulfonamides is 1. The summed E-state index contributed by atoms with van der Waals surface area (Å²) in [5.41, 5.74) is 1.26. The Kier molecular flexibility index (Phi) is 4.11. The highest BCUT2D eigenvalue weighted by molar-refractivity contribution is 7.92. The zero-order valence-electron chi connectivity index (χ0n) is 12.5. The van der Waals surface area contributed by atoms with Crippen LogP contribution in [0.3, 0.4) is 0 Å². The van der Waals surface area contributed by atoms with Crippen molar-refractivity contribution in [3.63, 3.8) is 0 Å². The van der Waals surface area contributed by atoms with E-state index in [9.17, 15) is 22.7 Å². The molecule has 0 bridgehead atoms. The first-order valence-electron chi connectivity index (χ1n) is 7.22. The summed E-state index contributed by atoms with van der Waals surface area (Å²) >= 11 is 0. The minimum Gasteiger partial charge on any atom is -0.478 e. The van der Waals surface area contributed by atoms with Crippen LogP contribution in [-0.4, -0.2) is 19.5 Å². The molecule has 0 amide bonds. The number of carboxylic acid groups (broad SMARTS) is 1. The Bertz CT molecular complexity index is 934. The summed E-state index contributed by atoms with van der Waals surface area (Å²) < 4.78 is 40.1. The highest BCUT2D eigenvalue weighted by Crippen LogP contribution is 2.30. The summed E-state index contributed by atoms with van der Waals surface area (Å²) in [6.45, 7) is 0. The molecule has 0 heterocycles. The van der Waals surface area contributed by atoms with Gasteiger partial charge < -0.3 is 5.11 Å². The van der Waals surface area contributed by atoms with Gasteiger partial charge in [-0.05, 0) is 54.3 Å².